The van der Waals surface area contributed by atoms with Crippen LogP contribution in [0, 0.1) is 0 Å². The Morgan fingerprint density at radius 2 is 1.42 bits per heavy atom. The molecule has 0 saturated carbocycles. The number of unbranched alkanes of at least 4 members (excludes halogenated alkanes) is 13. The second-order valence-electron chi connectivity index (χ2n) is 10.3. The molecule has 0 aliphatic carbocycles. The summed E-state index contributed by atoms with van der Waals surface area (Å²) in [7, 11) is -3.41. The van der Waals surface area contributed by atoms with Gasteiger partial charge in [0, 0.05) is 18.7 Å². The lowest BCUT2D eigenvalue weighted by molar-refractivity contribution is 0.304. The minimum atomic E-state index is -3.41. The first-order valence-corrected chi connectivity index (χ1v) is 16.4. The number of nitrogens with zero attached hydrogens (tertiary/aromatic N) is 2. The minimum absolute atomic E-state index is 0.669. The third-order valence-corrected chi connectivity index (χ3v) is 7.25. The number of nitrogens with one attached hydrogen (secondary N) is 1. The average Bonchev–Trinajstić information content (AvgIpc) is 2.87. The van der Waals surface area contributed by atoms with Crippen molar-refractivity contribution in [3.8, 4) is 5.75 Å². The van der Waals surface area contributed by atoms with Gasteiger partial charge >= 0.3 is 0 Å². The van der Waals surface area contributed by atoms with Gasteiger partial charge in [0.1, 0.15) is 5.75 Å². The van der Waals surface area contributed by atoms with Crippen molar-refractivity contribution < 1.29 is 13.2 Å². The van der Waals surface area contributed by atoms with Gasteiger partial charge in [-0.1, -0.05) is 103 Å². The first kappa shape index (κ1) is 30.5. The van der Waals surface area contributed by atoms with Crippen LogP contribution in [-0.2, 0) is 10.0 Å². The Labute approximate surface area is 221 Å². The molecule has 0 bridgehead atoms. The van der Waals surface area contributed by atoms with Crippen LogP contribution in [0.2, 0.25) is 0 Å². The molecule has 1 aliphatic rings. The van der Waals surface area contributed by atoms with E-state index in [1.807, 2.05) is 24.3 Å². The fourth-order valence-electron chi connectivity index (χ4n) is 4.76. The van der Waals surface area contributed by atoms with Crippen molar-refractivity contribution >= 4 is 15.9 Å². The van der Waals surface area contributed by atoms with E-state index in [0.717, 1.165) is 49.9 Å². The molecule has 1 fully saturated rings. The van der Waals surface area contributed by atoms with Crippen molar-refractivity contribution in [2.45, 2.75) is 116 Å². The molecule has 1 saturated heterocycles. The SMILES string of the molecule is CCCCCCCCCCCCCCCCOc1cccc(C(=NNS(C)(=O)=O)N2CCCCC2)c1. The summed E-state index contributed by atoms with van der Waals surface area (Å²) >= 11 is 0. The van der Waals surface area contributed by atoms with Crippen molar-refractivity contribution in [3.63, 3.8) is 0 Å². The van der Waals surface area contributed by atoms with E-state index in [2.05, 4.69) is 21.8 Å². The first-order valence-electron chi connectivity index (χ1n) is 14.5. The number of ether oxygens (including phenoxy) is 1. The molecule has 0 atom stereocenters. The molecule has 0 aromatic heterocycles. The number of hydrogen-bond acceptors (Lipinski definition) is 4. The summed E-state index contributed by atoms with van der Waals surface area (Å²) in [5, 5.41) is 4.26. The number of amidine groups is 1. The van der Waals surface area contributed by atoms with Gasteiger partial charge in [0.05, 0.1) is 12.9 Å². The molecule has 7 heteroatoms. The van der Waals surface area contributed by atoms with Crippen LogP contribution in [-0.4, -0.2) is 45.1 Å². The molecular weight excluding hydrogens is 470 g/mol. The van der Waals surface area contributed by atoms with E-state index in [9.17, 15) is 8.42 Å². The summed E-state index contributed by atoms with van der Waals surface area (Å²) < 4.78 is 29.3. The standard InChI is InChI=1S/C29H51N3O3S/c1-3-4-5-6-7-8-9-10-11-12-13-14-15-19-25-35-28-22-20-21-27(26-28)29(30-31-36(2,33)34)32-23-17-16-18-24-32/h20-22,26,31H,3-19,23-25H2,1-2H3. The number of rotatable bonds is 19. The normalized spacial score (nSPS) is 14.7. The zero-order chi connectivity index (χ0) is 25.9. The molecule has 1 heterocycles. The first-order chi connectivity index (χ1) is 17.5. The Kier molecular flexibility index (Phi) is 15.6. The van der Waals surface area contributed by atoms with Gasteiger partial charge in [0.15, 0.2) is 5.84 Å². The molecule has 0 spiro atoms. The monoisotopic (exact) mass is 521 g/mol. The number of likely N-dealkylation sites (tertiary alicyclic amines) is 1. The van der Waals surface area contributed by atoms with Gasteiger partial charge in [-0.15, -0.1) is 5.10 Å². The van der Waals surface area contributed by atoms with Crippen molar-refractivity contribution in [2.24, 2.45) is 5.10 Å². The Morgan fingerprint density at radius 1 is 0.861 bits per heavy atom. The molecule has 2 rings (SSSR count). The van der Waals surface area contributed by atoms with Crippen molar-refractivity contribution in [3.05, 3.63) is 29.8 Å². The van der Waals surface area contributed by atoms with E-state index in [4.69, 9.17) is 4.74 Å². The van der Waals surface area contributed by atoms with Gasteiger partial charge in [0.2, 0.25) is 10.0 Å². The zero-order valence-corrected chi connectivity index (χ0v) is 23.8. The maximum absolute atomic E-state index is 11.6. The second-order valence-corrected chi connectivity index (χ2v) is 12.0. The predicted octanol–water partition coefficient (Wildman–Crippen LogP) is 7.24. The Balaban J connectivity index is 1.63. The lowest BCUT2D eigenvalue weighted by atomic mass is 10.0. The largest absolute Gasteiger partial charge is 0.494 e. The van der Waals surface area contributed by atoms with E-state index in [1.165, 1.54) is 89.9 Å². The molecule has 1 aromatic carbocycles. The van der Waals surface area contributed by atoms with Gasteiger partial charge < -0.3 is 9.64 Å². The van der Waals surface area contributed by atoms with Crippen LogP contribution in [0.3, 0.4) is 0 Å². The van der Waals surface area contributed by atoms with E-state index in [1.54, 1.807) is 0 Å². The Hall–Kier alpha value is -1.76. The number of benzene rings is 1. The van der Waals surface area contributed by atoms with Crippen LogP contribution in [0.5, 0.6) is 5.75 Å². The molecule has 1 aromatic rings. The van der Waals surface area contributed by atoms with Crippen molar-refractivity contribution in [2.75, 3.05) is 26.0 Å². The quantitative estimate of drug-likeness (QED) is 0.0901. The van der Waals surface area contributed by atoms with Crippen LogP contribution in [0.4, 0.5) is 0 Å². The fraction of sp³-hybridized carbons (Fsp3) is 0.759. The number of hydrazone groups is 1. The topological polar surface area (TPSA) is 71.0 Å². The third-order valence-electron chi connectivity index (χ3n) is 6.83. The van der Waals surface area contributed by atoms with Crippen molar-refractivity contribution in [1.29, 1.82) is 0 Å². The maximum Gasteiger partial charge on any atom is 0.244 e. The highest BCUT2D eigenvalue weighted by atomic mass is 32.2. The average molecular weight is 522 g/mol. The van der Waals surface area contributed by atoms with Crippen molar-refractivity contribution in [1.82, 2.24) is 9.73 Å². The number of hydrogen-bond donors (Lipinski definition) is 1. The van der Waals surface area contributed by atoms with Gasteiger partial charge in [-0.25, -0.2) is 13.2 Å². The van der Waals surface area contributed by atoms with Gasteiger partial charge in [-0.2, -0.15) is 0 Å². The molecule has 6 nitrogen and oxygen atoms in total. The number of sulfonamides is 1. The molecule has 36 heavy (non-hydrogen) atoms. The Bertz CT molecular complexity index is 836. The zero-order valence-electron chi connectivity index (χ0n) is 23.0. The van der Waals surface area contributed by atoms with Crippen LogP contribution in [0.25, 0.3) is 0 Å². The smallest absolute Gasteiger partial charge is 0.244 e. The van der Waals surface area contributed by atoms with E-state index < -0.39 is 10.0 Å². The summed E-state index contributed by atoms with van der Waals surface area (Å²) in [6.45, 7) is 4.75. The molecule has 1 aliphatic heterocycles. The summed E-state index contributed by atoms with van der Waals surface area (Å²) in [6, 6.07) is 7.86. The summed E-state index contributed by atoms with van der Waals surface area (Å²) in [5.74, 6) is 1.48. The fourth-order valence-corrected chi connectivity index (χ4v) is 5.01. The third kappa shape index (κ3) is 14.1. The van der Waals surface area contributed by atoms with Crippen LogP contribution in [0.15, 0.2) is 29.4 Å². The molecule has 1 N–H and O–H groups in total. The summed E-state index contributed by atoms with van der Waals surface area (Å²) in [4.78, 5) is 4.48. The van der Waals surface area contributed by atoms with Gasteiger partial charge in [0.25, 0.3) is 0 Å². The highest BCUT2D eigenvalue weighted by molar-refractivity contribution is 7.88. The van der Waals surface area contributed by atoms with Crippen LogP contribution < -0.4 is 9.57 Å². The summed E-state index contributed by atoms with van der Waals surface area (Å²) in [6.07, 6.45) is 23.4. The highest BCUT2D eigenvalue weighted by Crippen LogP contribution is 2.19. The van der Waals surface area contributed by atoms with Crippen LogP contribution >= 0.6 is 0 Å². The molecule has 0 unspecified atom stereocenters. The molecule has 206 valence electrons. The van der Waals surface area contributed by atoms with E-state index >= 15 is 0 Å². The Morgan fingerprint density at radius 3 is 1.97 bits per heavy atom. The predicted molar refractivity (Wildman–Crippen MR) is 152 cm³/mol. The molecule has 0 radical (unpaired) electrons. The highest BCUT2D eigenvalue weighted by Gasteiger charge is 2.18. The van der Waals surface area contributed by atoms with E-state index in [-0.39, 0.29) is 0 Å². The lowest BCUT2D eigenvalue weighted by Crippen LogP contribution is -2.38. The number of piperidine rings is 1. The van der Waals surface area contributed by atoms with Gasteiger partial charge in [-0.3, -0.25) is 0 Å². The maximum atomic E-state index is 11.6. The lowest BCUT2D eigenvalue weighted by Gasteiger charge is -2.29. The second kappa shape index (κ2) is 18.5. The molecular formula is C29H51N3O3S. The summed E-state index contributed by atoms with van der Waals surface area (Å²) in [5.41, 5.74) is 0.881. The van der Waals surface area contributed by atoms with Crippen LogP contribution in [0.1, 0.15) is 122 Å². The van der Waals surface area contributed by atoms with Gasteiger partial charge in [-0.05, 0) is 37.8 Å². The molecule has 0 amide bonds. The van der Waals surface area contributed by atoms with E-state index in [0.29, 0.717) is 12.4 Å². The minimum Gasteiger partial charge on any atom is -0.494 e.